The van der Waals surface area contributed by atoms with Crippen molar-refractivity contribution in [1.82, 2.24) is 36.1 Å². The van der Waals surface area contributed by atoms with Gasteiger partial charge < -0.3 is 40.6 Å². The van der Waals surface area contributed by atoms with Crippen molar-refractivity contribution in [2.24, 2.45) is 0 Å². The number of hydrogen-bond acceptors (Lipinski definition) is 8. The molecule has 1 aromatic heterocycles. The van der Waals surface area contributed by atoms with Gasteiger partial charge in [0.05, 0.1) is 24.0 Å². The first-order valence-electron chi connectivity index (χ1n) is 22.7. The van der Waals surface area contributed by atoms with Crippen LogP contribution in [0.25, 0.3) is 22.4 Å². The normalized spacial score (nSPS) is 15.2. The molecule has 14 heteroatoms. The summed E-state index contributed by atoms with van der Waals surface area (Å²) in [6.07, 6.45) is 3.46. The monoisotopic (exact) mass is 897 g/mol. The zero-order valence-electron chi connectivity index (χ0n) is 39.0. The topological polar surface area (TPSA) is 184 Å². The van der Waals surface area contributed by atoms with Crippen LogP contribution in [0.3, 0.4) is 0 Å². The van der Waals surface area contributed by atoms with Crippen LogP contribution in [0.2, 0.25) is 0 Å². The molecule has 0 spiro atoms. The number of rotatable bonds is 16. The van der Waals surface area contributed by atoms with Gasteiger partial charge in [-0.1, -0.05) is 109 Å². The van der Waals surface area contributed by atoms with Crippen LogP contribution in [0.15, 0.2) is 115 Å². The number of nitrogens with zero attached hydrogens (tertiary/aromatic N) is 2. The number of amides is 5. The summed E-state index contributed by atoms with van der Waals surface area (Å²) in [7, 11) is 0. The highest BCUT2D eigenvalue weighted by molar-refractivity contribution is 5.88. The zero-order chi connectivity index (χ0) is 47.4. The van der Waals surface area contributed by atoms with Crippen molar-refractivity contribution in [3.8, 4) is 22.4 Å². The third kappa shape index (κ3) is 13.8. The molecule has 4 unspecified atom stereocenters. The lowest BCUT2D eigenvalue weighted by Crippen LogP contribution is -2.44. The lowest BCUT2D eigenvalue weighted by atomic mass is 10.00. The molecule has 0 saturated carbocycles. The van der Waals surface area contributed by atoms with Crippen LogP contribution in [-0.4, -0.2) is 69.1 Å². The Kier molecular flexibility index (Phi) is 16.0. The number of benzene rings is 4. The molecule has 5 amide bonds. The second-order valence-electron chi connectivity index (χ2n) is 18.6. The Morgan fingerprint density at radius 1 is 0.682 bits per heavy atom. The van der Waals surface area contributed by atoms with Gasteiger partial charge >= 0.3 is 12.2 Å². The molecular weight excluding hydrogens is 835 g/mol. The predicted molar refractivity (Wildman–Crippen MR) is 254 cm³/mol. The maximum absolute atomic E-state index is 14.1. The molecular formula is C52H63N7O7. The van der Waals surface area contributed by atoms with Crippen LogP contribution >= 0.6 is 0 Å². The average molecular weight is 898 g/mol. The molecule has 6 rings (SSSR count). The summed E-state index contributed by atoms with van der Waals surface area (Å²) in [5.74, 6) is 0.0293. The summed E-state index contributed by atoms with van der Waals surface area (Å²) in [6, 6.07) is 32.1. The number of carbonyl (C=O) groups excluding carboxylic acids is 5. The molecule has 1 aliphatic rings. The van der Waals surface area contributed by atoms with Gasteiger partial charge in [-0.15, -0.1) is 0 Å². The van der Waals surface area contributed by atoms with E-state index < -0.39 is 35.5 Å². The Balaban J connectivity index is 0.979. The van der Waals surface area contributed by atoms with Gasteiger partial charge in [0, 0.05) is 19.5 Å². The number of unbranched alkanes of at least 4 members (excludes halogenated alkanes) is 1. The summed E-state index contributed by atoms with van der Waals surface area (Å²) < 4.78 is 10.9. The fourth-order valence-corrected chi connectivity index (χ4v) is 7.79. The molecule has 1 saturated heterocycles. The number of likely N-dealkylation sites (tertiary alicyclic amines) is 1. The predicted octanol–water partition coefficient (Wildman–Crippen LogP) is 9.40. The second-order valence-corrected chi connectivity index (χ2v) is 18.6. The van der Waals surface area contributed by atoms with Gasteiger partial charge in [0.2, 0.25) is 11.8 Å². The lowest BCUT2D eigenvalue weighted by molar-refractivity contribution is -0.134. The van der Waals surface area contributed by atoms with Gasteiger partial charge in [-0.25, -0.2) is 14.6 Å². The SMILES string of the molecule is CC(NC(=O)CCCCNC(=O)C(NC(=O)OC(C)(C)C)c1ccccc1)c1ccc(-c2ccc(-c3cnc(C4CCCN4C(=O)C(NC(=O)OC(C)(C)C)c4ccccc4)[nH]3)cc2)cc1. The largest absolute Gasteiger partial charge is 0.444 e. The maximum atomic E-state index is 14.1. The number of aromatic nitrogens is 2. The fraction of sp³-hybridized carbons (Fsp3) is 0.385. The van der Waals surface area contributed by atoms with Crippen molar-refractivity contribution in [2.75, 3.05) is 13.1 Å². The first kappa shape index (κ1) is 48.5. The van der Waals surface area contributed by atoms with E-state index in [2.05, 4.69) is 38.4 Å². The quantitative estimate of drug-likeness (QED) is 0.0607. The van der Waals surface area contributed by atoms with Crippen LogP contribution in [0.1, 0.15) is 127 Å². The van der Waals surface area contributed by atoms with Crippen molar-refractivity contribution in [3.63, 3.8) is 0 Å². The molecule has 4 aromatic carbocycles. The summed E-state index contributed by atoms with van der Waals surface area (Å²) >= 11 is 0. The molecule has 14 nitrogen and oxygen atoms in total. The number of H-pyrrole nitrogens is 1. The molecule has 5 N–H and O–H groups in total. The third-order valence-corrected chi connectivity index (χ3v) is 11.0. The van der Waals surface area contributed by atoms with Crippen molar-refractivity contribution in [1.29, 1.82) is 0 Å². The highest BCUT2D eigenvalue weighted by Gasteiger charge is 2.37. The Labute approximate surface area is 387 Å². The number of hydrogen-bond donors (Lipinski definition) is 5. The Bertz CT molecular complexity index is 2410. The third-order valence-electron chi connectivity index (χ3n) is 11.0. The van der Waals surface area contributed by atoms with E-state index in [4.69, 9.17) is 14.5 Å². The van der Waals surface area contributed by atoms with Crippen molar-refractivity contribution >= 4 is 29.9 Å². The van der Waals surface area contributed by atoms with Crippen LogP contribution in [-0.2, 0) is 23.9 Å². The lowest BCUT2D eigenvalue weighted by Gasteiger charge is -2.29. The Hall–Kier alpha value is -6.96. The first-order valence-corrected chi connectivity index (χ1v) is 22.7. The molecule has 0 radical (unpaired) electrons. The highest BCUT2D eigenvalue weighted by Crippen LogP contribution is 2.35. The molecule has 0 bridgehead atoms. The molecule has 1 aliphatic heterocycles. The minimum absolute atomic E-state index is 0.0805. The summed E-state index contributed by atoms with van der Waals surface area (Å²) in [4.78, 5) is 75.4. The highest BCUT2D eigenvalue weighted by atomic mass is 16.6. The fourth-order valence-electron chi connectivity index (χ4n) is 7.79. The van der Waals surface area contributed by atoms with Gasteiger partial charge in [-0.05, 0) is 108 Å². The van der Waals surface area contributed by atoms with Crippen molar-refractivity contribution in [3.05, 3.63) is 138 Å². The van der Waals surface area contributed by atoms with E-state index in [0.717, 1.165) is 40.8 Å². The summed E-state index contributed by atoms with van der Waals surface area (Å²) in [5, 5.41) is 11.4. The van der Waals surface area contributed by atoms with E-state index in [1.165, 1.54) is 0 Å². The number of imidazole rings is 1. The molecule has 4 atom stereocenters. The van der Waals surface area contributed by atoms with Crippen LogP contribution < -0.4 is 21.3 Å². The summed E-state index contributed by atoms with van der Waals surface area (Å²) in [5.41, 5.74) is 4.69. The number of carbonyl (C=O) groups is 5. The van der Waals surface area contributed by atoms with Gasteiger partial charge in [-0.2, -0.15) is 0 Å². The molecule has 2 heterocycles. The Morgan fingerprint density at radius 2 is 1.21 bits per heavy atom. The van der Waals surface area contributed by atoms with Crippen LogP contribution in [0.5, 0.6) is 0 Å². The Morgan fingerprint density at radius 3 is 1.79 bits per heavy atom. The molecule has 348 valence electrons. The molecule has 66 heavy (non-hydrogen) atoms. The van der Waals surface area contributed by atoms with E-state index in [1.807, 2.05) is 79.7 Å². The average Bonchev–Trinajstić information content (AvgIpc) is 3.98. The number of ether oxygens (including phenoxy) is 2. The molecule has 1 fully saturated rings. The van der Waals surface area contributed by atoms with Gasteiger partial charge in [0.25, 0.3) is 5.91 Å². The molecule has 5 aromatic rings. The van der Waals surface area contributed by atoms with Gasteiger partial charge in [0.1, 0.15) is 29.1 Å². The molecule has 0 aliphatic carbocycles. The number of aromatic amines is 1. The number of nitrogens with one attached hydrogen (secondary N) is 5. The van der Waals surface area contributed by atoms with E-state index in [1.54, 1.807) is 76.9 Å². The summed E-state index contributed by atoms with van der Waals surface area (Å²) in [6.45, 7) is 13.5. The minimum Gasteiger partial charge on any atom is -0.444 e. The van der Waals surface area contributed by atoms with E-state index in [9.17, 15) is 24.0 Å². The zero-order valence-corrected chi connectivity index (χ0v) is 39.0. The van der Waals surface area contributed by atoms with E-state index in [0.29, 0.717) is 49.3 Å². The first-order chi connectivity index (χ1) is 31.4. The standard InChI is InChI=1S/C52H63N7O7/c1-34(55-43(60)22-14-15-31-53-47(61)44(39-17-10-8-11-18-39)57-49(63)65-51(2,3)4)35-23-25-36(26-24-35)37-27-29-38(30-28-37)41-33-54-46(56-41)42-21-16-32-59(42)48(62)45(40-19-12-9-13-20-40)58-50(64)66-52(5,6)7/h8-13,17-20,23-30,33-34,42,44-45H,14-16,21-22,31-32H2,1-7H3,(H,53,61)(H,54,56)(H,55,60)(H,57,63)(H,58,64). The van der Waals surface area contributed by atoms with Crippen LogP contribution in [0, 0.1) is 0 Å². The number of alkyl carbamates (subject to hydrolysis) is 2. The van der Waals surface area contributed by atoms with E-state index in [-0.39, 0.29) is 29.8 Å². The van der Waals surface area contributed by atoms with E-state index >= 15 is 0 Å². The maximum Gasteiger partial charge on any atom is 0.408 e. The smallest absolute Gasteiger partial charge is 0.408 e. The van der Waals surface area contributed by atoms with Gasteiger partial charge in [0.15, 0.2) is 0 Å². The van der Waals surface area contributed by atoms with Crippen LogP contribution in [0.4, 0.5) is 9.59 Å². The minimum atomic E-state index is -0.916. The van der Waals surface area contributed by atoms with Crippen molar-refractivity contribution in [2.45, 2.75) is 116 Å². The van der Waals surface area contributed by atoms with Crippen molar-refractivity contribution < 1.29 is 33.4 Å². The second kappa shape index (κ2) is 21.8. The van der Waals surface area contributed by atoms with Gasteiger partial charge in [-0.3, -0.25) is 14.4 Å².